The Labute approximate surface area is 130 Å². The number of hydrogen-bond donors (Lipinski definition) is 6. The van der Waals surface area contributed by atoms with Crippen molar-refractivity contribution in [1.29, 1.82) is 0 Å². The van der Waals surface area contributed by atoms with Crippen molar-refractivity contribution in [1.82, 2.24) is 20.8 Å². The molecular weight excluding hydrogens is 312 g/mol. The molecule has 12 nitrogen and oxygen atoms in total. The SMILES string of the molecule is CC(O)C(NC(=O)NCc1nnc(C(N)CC(N)=O)o1)C(=O)O. The molecule has 1 rings (SSSR count). The maximum Gasteiger partial charge on any atom is 0.328 e. The molecule has 3 unspecified atom stereocenters. The first-order chi connectivity index (χ1) is 10.7. The van der Waals surface area contributed by atoms with Gasteiger partial charge < -0.3 is 36.7 Å². The van der Waals surface area contributed by atoms with Crippen molar-refractivity contribution in [2.24, 2.45) is 11.5 Å². The Hall–Kier alpha value is -2.73. The highest BCUT2D eigenvalue weighted by Crippen LogP contribution is 2.11. The van der Waals surface area contributed by atoms with Crippen LogP contribution >= 0.6 is 0 Å². The molecule has 0 aliphatic heterocycles. The molecular formula is C11H18N6O6. The van der Waals surface area contributed by atoms with E-state index in [-0.39, 0.29) is 24.7 Å². The summed E-state index contributed by atoms with van der Waals surface area (Å²) in [6.07, 6.45) is -1.45. The summed E-state index contributed by atoms with van der Waals surface area (Å²) in [6.45, 7) is 1.03. The van der Waals surface area contributed by atoms with Crippen LogP contribution in [0, 0.1) is 0 Å². The molecule has 3 atom stereocenters. The number of carboxylic acid groups (broad SMARTS) is 1. The van der Waals surface area contributed by atoms with Gasteiger partial charge in [-0.05, 0) is 6.92 Å². The first kappa shape index (κ1) is 18.3. The van der Waals surface area contributed by atoms with Gasteiger partial charge in [-0.1, -0.05) is 0 Å². The predicted molar refractivity (Wildman–Crippen MR) is 73.5 cm³/mol. The number of carboxylic acids is 1. The van der Waals surface area contributed by atoms with E-state index in [9.17, 15) is 19.5 Å². The predicted octanol–water partition coefficient (Wildman–Crippen LogP) is -2.42. The normalized spacial score (nSPS) is 14.6. The van der Waals surface area contributed by atoms with Gasteiger partial charge >= 0.3 is 12.0 Å². The Bertz CT molecular complexity index is 573. The molecule has 1 aromatic rings. The second-order valence-corrected chi connectivity index (χ2v) is 4.69. The minimum atomic E-state index is -1.46. The number of aromatic nitrogens is 2. The highest BCUT2D eigenvalue weighted by Gasteiger charge is 2.25. The Morgan fingerprint density at radius 2 is 2.00 bits per heavy atom. The summed E-state index contributed by atoms with van der Waals surface area (Å²) in [5.41, 5.74) is 10.6. The van der Waals surface area contributed by atoms with E-state index < -0.39 is 36.1 Å². The van der Waals surface area contributed by atoms with E-state index in [0.717, 1.165) is 0 Å². The number of nitrogens with one attached hydrogen (secondary N) is 2. The number of urea groups is 1. The summed E-state index contributed by atoms with van der Waals surface area (Å²) in [6, 6.07) is -3.16. The molecule has 0 spiro atoms. The van der Waals surface area contributed by atoms with Crippen LogP contribution in [0.5, 0.6) is 0 Å². The van der Waals surface area contributed by atoms with E-state index in [4.69, 9.17) is 21.0 Å². The number of carbonyl (C=O) groups is 3. The monoisotopic (exact) mass is 330 g/mol. The van der Waals surface area contributed by atoms with E-state index in [2.05, 4.69) is 20.8 Å². The fourth-order valence-electron chi connectivity index (χ4n) is 1.53. The van der Waals surface area contributed by atoms with E-state index in [1.165, 1.54) is 6.92 Å². The molecule has 128 valence electrons. The Morgan fingerprint density at radius 3 is 2.52 bits per heavy atom. The van der Waals surface area contributed by atoms with Gasteiger partial charge in [-0.2, -0.15) is 0 Å². The van der Waals surface area contributed by atoms with E-state index in [1.807, 2.05) is 0 Å². The van der Waals surface area contributed by atoms with Gasteiger partial charge in [0.15, 0.2) is 6.04 Å². The first-order valence-electron chi connectivity index (χ1n) is 6.52. The molecule has 0 aliphatic rings. The van der Waals surface area contributed by atoms with Crippen molar-refractivity contribution in [3.8, 4) is 0 Å². The zero-order chi connectivity index (χ0) is 17.6. The molecule has 23 heavy (non-hydrogen) atoms. The fourth-order valence-corrected chi connectivity index (χ4v) is 1.53. The lowest BCUT2D eigenvalue weighted by molar-refractivity contribution is -0.141. The third-order valence-electron chi connectivity index (χ3n) is 2.66. The second kappa shape index (κ2) is 8.05. The third kappa shape index (κ3) is 5.88. The summed E-state index contributed by atoms with van der Waals surface area (Å²) < 4.78 is 5.13. The number of aliphatic hydroxyl groups excluding tert-OH is 1. The molecule has 0 saturated heterocycles. The molecule has 1 heterocycles. The number of hydrogen-bond acceptors (Lipinski definition) is 8. The van der Waals surface area contributed by atoms with Crippen molar-refractivity contribution in [2.75, 3.05) is 0 Å². The van der Waals surface area contributed by atoms with Crippen LogP contribution in [0.1, 0.15) is 31.2 Å². The van der Waals surface area contributed by atoms with Crippen molar-refractivity contribution in [2.45, 2.75) is 38.1 Å². The molecule has 3 amide bonds. The second-order valence-electron chi connectivity index (χ2n) is 4.69. The topological polar surface area (TPSA) is 207 Å². The van der Waals surface area contributed by atoms with Crippen LogP contribution in [-0.2, 0) is 16.1 Å². The van der Waals surface area contributed by atoms with Crippen LogP contribution in [0.3, 0.4) is 0 Å². The van der Waals surface area contributed by atoms with E-state index in [1.54, 1.807) is 0 Å². The zero-order valence-corrected chi connectivity index (χ0v) is 12.2. The van der Waals surface area contributed by atoms with Crippen LogP contribution in [0.2, 0.25) is 0 Å². The smallest absolute Gasteiger partial charge is 0.328 e. The molecule has 0 radical (unpaired) electrons. The van der Waals surface area contributed by atoms with Gasteiger partial charge in [0, 0.05) is 0 Å². The number of aliphatic hydroxyl groups is 1. The van der Waals surface area contributed by atoms with Gasteiger partial charge in [-0.15, -0.1) is 10.2 Å². The van der Waals surface area contributed by atoms with E-state index in [0.29, 0.717) is 0 Å². The quantitative estimate of drug-likeness (QED) is 0.299. The summed E-state index contributed by atoms with van der Waals surface area (Å²) in [5, 5.41) is 29.6. The summed E-state index contributed by atoms with van der Waals surface area (Å²) in [4.78, 5) is 33.1. The van der Waals surface area contributed by atoms with Crippen molar-refractivity contribution >= 4 is 17.9 Å². The summed E-state index contributed by atoms with van der Waals surface area (Å²) in [7, 11) is 0. The number of aliphatic carboxylic acids is 1. The first-order valence-corrected chi connectivity index (χ1v) is 6.52. The van der Waals surface area contributed by atoms with E-state index >= 15 is 0 Å². The maximum atomic E-state index is 11.5. The fraction of sp³-hybridized carbons (Fsp3) is 0.545. The van der Waals surface area contributed by atoms with Gasteiger partial charge in [0.1, 0.15) is 0 Å². The number of nitrogens with two attached hydrogens (primary N) is 2. The molecule has 0 fully saturated rings. The lowest BCUT2D eigenvalue weighted by Gasteiger charge is -2.16. The molecule has 8 N–H and O–H groups in total. The van der Waals surface area contributed by atoms with Gasteiger partial charge in [-0.25, -0.2) is 9.59 Å². The molecule has 1 aromatic heterocycles. The van der Waals surface area contributed by atoms with Crippen LogP contribution in [0.25, 0.3) is 0 Å². The molecule has 0 bridgehead atoms. The number of rotatable bonds is 8. The lowest BCUT2D eigenvalue weighted by atomic mass is 10.2. The van der Waals surface area contributed by atoms with Crippen molar-refractivity contribution in [3.63, 3.8) is 0 Å². The molecule has 12 heteroatoms. The maximum absolute atomic E-state index is 11.5. The van der Waals surface area contributed by atoms with Crippen molar-refractivity contribution in [3.05, 3.63) is 11.8 Å². The Balaban J connectivity index is 2.52. The minimum Gasteiger partial charge on any atom is -0.480 e. The van der Waals surface area contributed by atoms with Crippen molar-refractivity contribution < 1.29 is 29.0 Å². The van der Waals surface area contributed by atoms with Crippen LogP contribution in [-0.4, -0.2) is 50.5 Å². The zero-order valence-electron chi connectivity index (χ0n) is 12.2. The molecule has 0 aliphatic carbocycles. The average Bonchev–Trinajstić information content (AvgIpc) is 2.90. The average molecular weight is 330 g/mol. The highest BCUT2D eigenvalue weighted by molar-refractivity contribution is 5.82. The number of nitrogens with zero attached hydrogens (tertiary/aromatic N) is 2. The van der Waals surface area contributed by atoms with Crippen LogP contribution in [0.4, 0.5) is 4.79 Å². The lowest BCUT2D eigenvalue weighted by Crippen LogP contribution is -2.51. The minimum absolute atomic E-state index is 0.000933. The van der Waals surface area contributed by atoms with Gasteiger partial charge in [0.2, 0.25) is 17.7 Å². The van der Waals surface area contributed by atoms with Gasteiger partial charge in [0.05, 0.1) is 25.1 Å². The van der Waals surface area contributed by atoms with Gasteiger partial charge in [-0.3, -0.25) is 4.79 Å². The van der Waals surface area contributed by atoms with Crippen LogP contribution in [0.15, 0.2) is 4.42 Å². The Morgan fingerprint density at radius 1 is 1.35 bits per heavy atom. The number of carbonyl (C=O) groups excluding carboxylic acids is 2. The summed E-state index contributed by atoms with van der Waals surface area (Å²) in [5.74, 6) is -2.03. The largest absolute Gasteiger partial charge is 0.480 e. The molecule has 0 aromatic carbocycles. The van der Waals surface area contributed by atoms with Crippen LogP contribution < -0.4 is 22.1 Å². The summed E-state index contributed by atoms with van der Waals surface area (Å²) >= 11 is 0. The number of amides is 3. The third-order valence-corrected chi connectivity index (χ3v) is 2.66. The molecule has 0 saturated carbocycles. The highest BCUT2D eigenvalue weighted by atomic mass is 16.4. The standard InChI is InChI=1S/C11H18N6O6/c1-4(18)8(10(20)21)15-11(22)14-3-7-16-17-9(23-7)5(12)2-6(13)19/h4-5,8,18H,2-3,12H2,1H3,(H2,13,19)(H,20,21)(H2,14,15,22). The number of primary amides is 1. The Kier molecular flexibility index (Phi) is 6.41. The van der Waals surface area contributed by atoms with Gasteiger partial charge in [0.25, 0.3) is 0 Å².